The minimum Gasteiger partial charge on any atom is -0.505 e. The smallest absolute Gasteiger partial charge is 0.364 e. The van der Waals surface area contributed by atoms with Gasteiger partial charge in [0, 0.05) is 30.7 Å². The number of anilines is 1. The zero-order valence-corrected chi connectivity index (χ0v) is 24.1. The molecular formula is C32H33NO9. The number of hydrogen-bond acceptors (Lipinski definition) is 9. The van der Waals surface area contributed by atoms with E-state index in [-0.39, 0.29) is 28.3 Å². The van der Waals surface area contributed by atoms with Crippen molar-refractivity contribution in [1.29, 1.82) is 0 Å². The van der Waals surface area contributed by atoms with Gasteiger partial charge in [-0.3, -0.25) is 4.79 Å². The Morgan fingerprint density at radius 2 is 1.71 bits per heavy atom. The maximum atomic E-state index is 13.1. The Hall–Kier alpha value is -4.54. The van der Waals surface area contributed by atoms with Gasteiger partial charge < -0.3 is 38.5 Å². The van der Waals surface area contributed by atoms with E-state index in [0.29, 0.717) is 35.0 Å². The quantitative estimate of drug-likeness (QED) is 0.237. The number of benzene rings is 3. The van der Waals surface area contributed by atoms with Crippen molar-refractivity contribution in [2.75, 3.05) is 19.5 Å². The fraction of sp³-hybridized carbons (Fsp3) is 0.312. The van der Waals surface area contributed by atoms with E-state index in [9.17, 15) is 14.7 Å². The standard InChI is InChI=1S/C32H33NO9/c1-18-24(40-26-15-14-25(38-5)32(2,3)42-26)13-12-23-28(34)27(31(36)41-29(18)23)33-30(35)19-8-6-10-21(16-19)39-22-11-7-9-20(17-22)37-4/h6-13,16-17,25-26,34H,14-15H2,1-5H3,(H,33,35). The SMILES string of the molecule is COc1cccc(Oc2cccc(C(=O)Nc3c(O)c4ccc(OC5CCC(OC)C(C)(C)O5)c(C)c4oc3=O)c2)c1. The van der Waals surface area contributed by atoms with Gasteiger partial charge in [0.25, 0.3) is 5.91 Å². The van der Waals surface area contributed by atoms with Crippen LogP contribution in [0.4, 0.5) is 5.69 Å². The Balaban J connectivity index is 1.35. The molecule has 4 aromatic rings. The van der Waals surface area contributed by atoms with Crippen LogP contribution in [0, 0.1) is 6.92 Å². The minimum absolute atomic E-state index is 0.0541. The molecule has 1 aliphatic rings. The number of carbonyl (C=O) groups is 1. The average molecular weight is 576 g/mol. The normalized spacial score (nSPS) is 17.9. The average Bonchev–Trinajstić information content (AvgIpc) is 2.97. The number of amides is 1. The molecule has 0 spiro atoms. The van der Waals surface area contributed by atoms with Crippen LogP contribution in [0.2, 0.25) is 0 Å². The Morgan fingerprint density at radius 3 is 2.43 bits per heavy atom. The molecule has 2 heterocycles. The first-order valence-corrected chi connectivity index (χ1v) is 13.5. The molecule has 2 atom stereocenters. The summed E-state index contributed by atoms with van der Waals surface area (Å²) in [5.74, 6) is 0.960. The number of aryl methyl sites for hydroxylation is 1. The van der Waals surface area contributed by atoms with E-state index in [0.717, 1.165) is 6.42 Å². The third kappa shape index (κ3) is 5.90. The zero-order valence-electron chi connectivity index (χ0n) is 24.1. The molecule has 1 fully saturated rings. The van der Waals surface area contributed by atoms with Crippen LogP contribution < -0.4 is 25.2 Å². The lowest BCUT2D eigenvalue weighted by molar-refractivity contribution is -0.233. The van der Waals surface area contributed by atoms with Crippen molar-refractivity contribution in [2.45, 2.75) is 51.6 Å². The molecule has 3 aromatic carbocycles. The van der Waals surface area contributed by atoms with Crippen LogP contribution in [0.3, 0.4) is 0 Å². The number of fused-ring (bicyclic) bond motifs is 1. The summed E-state index contributed by atoms with van der Waals surface area (Å²) in [6, 6.07) is 16.7. The third-order valence-electron chi connectivity index (χ3n) is 7.28. The highest BCUT2D eigenvalue weighted by Crippen LogP contribution is 2.38. The highest BCUT2D eigenvalue weighted by atomic mass is 16.7. The molecule has 10 nitrogen and oxygen atoms in total. The van der Waals surface area contributed by atoms with E-state index in [1.807, 2.05) is 13.8 Å². The van der Waals surface area contributed by atoms with Crippen LogP contribution in [0.1, 0.15) is 42.6 Å². The van der Waals surface area contributed by atoms with Gasteiger partial charge >= 0.3 is 5.63 Å². The van der Waals surface area contributed by atoms with Crippen molar-refractivity contribution >= 4 is 22.6 Å². The summed E-state index contributed by atoms with van der Waals surface area (Å²) < 4.78 is 34.4. The molecule has 1 amide bonds. The summed E-state index contributed by atoms with van der Waals surface area (Å²) in [6.45, 7) is 5.61. The van der Waals surface area contributed by atoms with E-state index < -0.39 is 29.2 Å². The molecule has 1 aromatic heterocycles. The van der Waals surface area contributed by atoms with Gasteiger partial charge in [-0.1, -0.05) is 12.1 Å². The van der Waals surface area contributed by atoms with E-state index >= 15 is 0 Å². The molecule has 0 aliphatic carbocycles. The first-order chi connectivity index (χ1) is 20.1. The fourth-order valence-electron chi connectivity index (χ4n) is 5.03. The van der Waals surface area contributed by atoms with Crippen LogP contribution >= 0.6 is 0 Å². The van der Waals surface area contributed by atoms with Gasteiger partial charge in [-0.25, -0.2) is 4.79 Å². The molecule has 2 unspecified atom stereocenters. The first-order valence-electron chi connectivity index (χ1n) is 13.5. The van der Waals surface area contributed by atoms with E-state index in [1.54, 1.807) is 75.7 Å². The number of ether oxygens (including phenoxy) is 5. The second kappa shape index (κ2) is 11.8. The summed E-state index contributed by atoms with van der Waals surface area (Å²) in [6.07, 6.45) is 0.799. The Morgan fingerprint density at radius 1 is 1.00 bits per heavy atom. The van der Waals surface area contributed by atoms with Crippen molar-refractivity contribution in [1.82, 2.24) is 0 Å². The van der Waals surface area contributed by atoms with Gasteiger partial charge in [0.15, 0.2) is 11.4 Å². The highest BCUT2D eigenvalue weighted by molar-refractivity contribution is 6.06. The molecule has 0 bridgehead atoms. The molecule has 10 heteroatoms. The molecule has 1 saturated heterocycles. The largest absolute Gasteiger partial charge is 0.505 e. The number of nitrogens with one attached hydrogen (secondary N) is 1. The Labute approximate surface area is 242 Å². The van der Waals surface area contributed by atoms with Crippen molar-refractivity contribution in [2.24, 2.45) is 0 Å². The molecule has 5 rings (SSSR count). The first kappa shape index (κ1) is 29.0. The number of rotatable bonds is 8. The van der Waals surface area contributed by atoms with Gasteiger partial charge in [-0.05, 0) is 69.7 Å². The lowest BCUT2D eigenvalue weighted by Crippen LogP contribution is -2.49. The van der Waals surface area contributed by atoms with Crippen molar-refractivity contribution in [3.8, 4) is 28.7 Å². The van der Waals surface area contributed by atoms with Gasteiger partial charge in [0.05, 0.1) is 24.2 Å². The molecule has 42 heavy (non-hydrogen) atoms. The Bertz CT molecular complexity index is 1680. The van der Waals surface area contributed by atoms with Crippen LogP contribution in [0.5, 0.6) is 28.7 Å². The minimum atomic E-state index is -0.907. The van der Waals surface area contributed by atoms with Gasteiger partial charge in [0.1, 0.15) is 28.6 Å². The molecule has 1 aliphatic heterocycles. The van der Waals surface area contributed by atoms with E-state index in [1.165, 1.54) is 6.07 Å². The van der Waals surface area contributed by atoms with Crippen LogP contribution in [0.15, 0.2) is 69.9 Å². The van der Waals surface area contributed by atoms with Crippen LogP contribution in [-0.4, -0.2) is 43.2 Å². The lowest BCUT2D eigenvalue weighted by atomic mass is 9.94. The van der Waals surface area contributed by atoms with Gasteiger partial charge in [-0.2, -0.15) is 0 Å². The summed E-state index contributed by atoms with van der Waals surface area (Å²) in [5, 5.41) is 13.7. The van der Waals surface area contributed by atoms with Crippen LogP contribution in [0.25, 0.3) is 11.0 Å². The Kier molecular flexibility index (Phi) is 8.11. The molecule has 0 saturated carbocycles. The molecule has 2 N–H and O–H groups in total. The number of methoxy groups -OCH3 is 2. The molecule has 220 valence electrons. The summed E-state index contributed by atoms with van der Waals surface area (Å²) in [7, 11) is 3.21. The number of carbonyl (C=O) groups excluding carboxylic acids is 1. The zero-order chi connectivity index (χ0) is 30.0. The summed E-state index contributed by atoms with van der Waals surface area (Å²) in [5.41, 5.74) is -0.957. The topological polar surface area (TPSA) is 126 Å². The van der Waals surface area contributed by atoms with E-state index in [4.69, 9.17) is 28.1 Å². The predicted molar refractivity (Wildman–Crippen MR) is 156 cm³/mol. The second-order valence-corrected chi connectivity index (χ2v) is 10.5. The van der Waals surface area contributed by atoms with E-state index in [2.05, 4.69) is 5.32 Å². The third-order valence-corrected chi connectivity index (χ3v) is 7.28. The maximum Gasteiger partial charge on any atom is 0.364 e. The highest BCUT2D eigenvalue weighted by Gasteiger charge is 2.39. The summed E-state index contributed by atoms with van der Waals surface area (Å²) >= 11 is 0. The number of aromatic hydroxyl groups is 1. The van der Waals surface area contributed by atoms with Crippen molar-refractivity contribution in [3.05, 3.63) is 82.2 Å². The lowest BCUT2D eigenvalue weighted by Gasteiger charge is -2.41. The van der Waals surface area contributed by atoms with Gasteiger partial charge in [0.2, 0.25) is 6.29 Å². The van der Waals surface area contributed by atoms with Crippen LogP contribution in [-0.2, 0) is 9.47 Å². The molecule has 0 radical (unpaired) electrons. The summed E-state index contributed by atoms with van der Waals surface area (Å²) in [4.78, 5) is 26.0. The monoisotopic (exact) mass is 575 g/mol. The number of hydrogen-bond donors (Lipinski definition) is 2. The fourth-order valence-corrected chi connectivity index (χ4v) is 5.03. The maximum absolute atomic E-state index is 13.1. The second-order valence-electron chi connectivity index (χ2n) is 10.5. The van der Waals surface area contributed by atoms with Crippen molar-refractivity contribution in [3.63, 3.8) is 0 Å². The predicted octanol–water partition coefficient (Wildman–Crippen LogP) is 6.17. The van der Waals surface area contributed by atoms with Gasteiger partial charge in [-0.15, -0.1) is 0 Å². The molecular weight excluding hydrogens is 542 g/mol. The van der Waals surface area contributed by atoms with Crippen molar-refractivity contribution < 1.29 is 38.0 Å².